The van der Waals surface area contributed by atoms with E-state index in [0.29, 0.717) is 19.5 Å². The van der Waals surface area contributed by atoms with Gasteiger partial charge in [-0.25, -0.2) is 0 Å². The summed E-state index contributed by atoms with van der Waals surface area (Å²) in [6.45, 7) is 2.01. The molecule has 96 valence electrons. The van der Waals surface area contributed by atoms with Crippen LogP contribution in [0.2, 0.25) is 0 Å². The van der Waals surface area contributed by atoms with Crippen LogP contribution in [0.25, 0.3) is 0 Å². The third kappa shape index (κ3) is 6.68. The van der Waals surface area contributed by atoms with Gasteiger partial charge in [0.05, 0.1) is 12.7 Å². The first-order valence-corrected chi connectivity index (χ1v) is 6.14. The summed E-state index contributed by atoms with van der Waals surface area (Å²) in [5.74, 6) is 0.109. The molecular weight excluding hydrogens is 218 g/mol. The molecule has 3 N–H and O–H groups in total. The summed E-state index contributed by atoms with van der Waals surface area (Å²) in [4.78, 5) is 11.4. The summed E-state index contributed by atoms with van der Waals surface area (Å²) < 4.78 is 1.70. The number of amides is 1. The van der Waals surface area contributed by atoms with Gasteiger partial charge in [0.15, 0.2) is 0 Å². The first-order valence-electron chi connectivity index (χ1n) is 6.14. The summed E-state index contributed by atoms with van der Waals surface area (Å²) in [5.41, 5.74) is 5.39. The molecule has 6 nitrogen and oxygen atoms in total. The maximum Gasteiger partial charge on any atom is 0.220 e. The van der Waals surface area contributed by atoms with E-state index in [1.807, 2.05) is 0 Å². The fraction of sp³-hybridized carbons (Fsp3) is 0.727. The highest BCUT2D eigenvalue weighted by Gasteiger charge is 2.00. The minimum absolute atomic E-state index is 0.109. The van der Waals surface area contributed by atoms with E-state index in [-0.39, 0.29) is 5.91 Å². The van der Waals surface area contributed by atoms with Gasteiger partial charge in [-0.3, -0.25) is 9.48 Å². The number of hydrogen-bond acceptors (Lipinski definition) is 4. The SMILES string of the molecule is NCCCCCCC(=O)NCCn1ccnn1. The quantitative estimate of drug-likeness (QED) is 0.607. The second kappa shape index (κ2) is 8.69. The zero-order valence-corrected chi connectivity index (χ0v) is 10.1. The molecule has 0 aliphatic heterocycles. The van der Waals surface area contributed by atoms with Crippen LogP contribution in [-0.4, -0.2) is 34.0 Å². The van der Waals surface area contributed by atoms with Crippen molar-refractivity contribution in [2.45, 2.75) is 38.6 Å². The Kier molecular flexibility index (Phi) is 6.97. The predicted molar refractivity (Wildman–Crippen MR) is 65.2 cm³/mol. The van der Waals surface area contributed by atoms with Crippen LogP contribution in [0.15, 0.2) is 12.4 Å². The average Bonchev–Trinajstić information content (AvgIpc) is 2.82. The van der Waals surface area contributed by atoms with Crippen LogP contribution in [0.4, 0.5) is 0 Å². The first kappa shape index (κ1) is 13.6. The number of nitrogens with one attached hydrogen (secondary N) is 1. The predicted octanol–water partition coefficient (Wildman–Crippen LogP) is 0.304. The number of rotatable bonds is 9. The van der Waals surface area contributed by atoms with Crippen molar-refractivity contribution in [3.8, 4) is 0 Å². The zero-order chi connectivity index (χ0) is 12.3. The van der Waals surface area contributed by atoms with Gasteiger partial charge in [0, 0.05) is 19.2 Å². The molecule has 1 aromatic rings. The van der Waals surface area contributed by atoms with Crippen molar-refractivity contribution in [1.29, 1.82) is 0 Å². The van der Waals surface area contributed by atoms with E-state index in [0.717, 1.165) is 32.2 Å². The number of nitrogens with zero attached hydrogens (tertiary/aromatic N) is 3. The minimum Gasteiger partial charge on any atom is -0.354 e. The van der Waals surface area contributed by atoms with Crippen LogP contribution < -0.4 is 11.1 Å². The summed E-state index contributed by atoms with van der Waals surface area (Å²) in [6, 6.07) is 0. The maximum absolute atomic E-state index is 11.4. The topological polar surface area (TPSA) is 85.8 Å². The van der Waals surface area contributed by atoms with Gasteiger partial charge in [-0.15, -0.1) is 5.10 Å². The molecule has 0 radical (unpaired) electrons. The maximum atomic E-state index is 11.4. The standard InChI is InChI=1S/C11H21N5O/c12-6-4-2-1-3-5-11(17)13-7-9-16-10-8-14-15-16/h8,10H,1-7,9,12H2,(H,13,17). The van der Waals surface area contributed by atoms with Crippen LogP contribution in [-0.2, 0) is 11.3 Å². The lowest BCUT2D eigenvalue weighted by molar-refractivity contribution is -0.121. The second-order valence-corrected chi connectivity index (χ2v) is 3.97. The molecule has 0 atom stereocenters. The molecule has 0 aliphatic rings. The van der Waals surface area contributed by atoms with E-state index >= 15 is 0 Å². The Bertz CT molecular complexity index is 299. The number of carbonyl (C=O) groups excluding carboxylic acids is 1. The van der Waals surface area contributed by atoms with Crippen LogP contribution in [0.1, 0.15) is 32.1 Å². The Balaban J connectivity index is 1.94. The van der Waals surface area contributed by atoms with E-state index in [1.165, 1.54) is 0 Å². The molecule has 0 bridgehead atoms. The lowest BCUT2D eigenvalue weighted by atomic mass is 10.1. The highest BCUT2D eigenvalue weighted by atomic mass is 16.1. The third-order valence-corrected chi connectivity index (χ3v) is 2.49. The van der Waals surface area contributed by atoms with Crippen molar-refractivity contribution in [1.82, 2.24) is 20.3 Å². The molecular formula is C11H21N5O. The normalized spacial score (nSPS) is 10.4. The van der Waals surface area contributed by atoms with Gasteiger partial charge < -0.3 is 11.1 Å². The summed E-state index contributed by atoms with van der Waals surface area (Å²) >= 11 is 0. The Morgan fingerprint density at radius 1 is 1.29 bits per heavy atom. The molecule has 0 aliphatic carbocycles. The first-order chi connectivity index (χ1) is 8.33. The van der Waals surface area contributed by atoms with Gasteiger partial charge in [0.25, 0.3) is 0 Å². The van der Waals surface area contributed by atoms with E-state index < -0.39 is 0 Å². The van der Waals surface area contributed by atoms with E-state index in [2.05, 4.69) is 15.6 Å². The highest BCUT2D eigenvalue weighted by molar-refractivity contribution is 5.75. The number of unbranched alkanes of at least 4 members (excludes halogenated alkanes) is 3. The summed E-state index contributed by atoms with van der Waals surface area (Å²) in [6.07, 6.45) is 8.18. The lowest BCUT2D eigenvalue weighted by Crippen LogP contribution is -2.27. The van der Waals surface area contributed by atoms with Gasteiger partial charge in [-0.2, -0.15) is 0 Å². The van der Waals surface area contributed by atoms with Crippen molar-refractivity contribution >= 4 is 5.91 Å². The van der Waals surface area contributed by atoms with Crippen molar-refractivity contribution < 1.29 is 4.79 Å². The molecule has 1 amide bonds. The van der Waals surface area contributed by atoms with Crippen LogP contribution in [0.5, 0.6) is 0 Å². The molecule has 0 aromatic carbocycles. The summed E-state index contributed by atoms with van der Waals surface area (Å²) in [5, 5.41) is 10.4. The largest absolute Gasteiger partial charge is 0.354 e. The smallest absolute Gasteiger partial charge is 0.220 e. The molecule has 17 heavy (non-hydrogen) atoms. The van der Waals surface area contributed by atoms with Crippen molar-refractivity contribution in [3.05, 3.63) is 12.4 Å². The highest BCUT2D eigenvalue weighted by Crippen LogP contribution is 2.01. The van der Waals surface area contributed by atoms with Crippen molar-refractivity contribution in [2.75, 3.05) is 13.1 Å². The number of carbonyl (C=O) groups is 1. The van der Waals surface area contributed by atoms with Gasteiger partial charge in [-0.1, -0.05) is 18.1 Å². The van der Waals surface area contributed by atoms with Crippen molar-refractivity contribution in [2.24, 2.45) is 5.73 Å². The molecule has 0 saturated carbocycles. The second-order valence-electron chi connectivity index (χ2n) is 3.97. The summed E-state index contributed by atoms with van der Waals surface area (Å²) in [7, 11) is 0. The number of hydrogen-bond donors (Lipinski definition) is 2. The monoisotopic (exact) mass is 239 g/mol. The lowest BCUT2D eigenvalue weighted by Gasteiger charge is -2.04. The Labute approximate surface area is 102 Å². The van der Waals surface area contributed by atoms with Gasteiger partial charge in [0.1, 0.15) is 0 Å². The van der Waals surface area contributed by atoms with E-state index in [1.54, 1.807) is 17.1 Å². The minimum atomic E-state index is 0.109. The molecule has 0 spiro atoms. The van der Waals surface area contributed by atoms with E-state index in [9.17, 15) is 4.79 Å². The Morgan fingerprint density at radius 3 is 2.82 bits per heavy atom. The Morgan fingerprint density at radius 2 is 2.12 bits per heavy atom. The molecule has 1 aromatic heterocycles. The zero-order valence-electron chi connectivity index (χ0n) is 10.1. The number of nitrogens with two attached hydrogens (primary N) is 1. The molecule has 1 heterocycles. The molecule has 0 saturated heterocycles. The number of aromatic nitrogens is 3. The Hall–Kier alpha value is -1.43. The van der Waals surface area contributed by atoms with Crippen LogP contribution in [0.3, 0.4) is 0 Å². The van der Waals surface area contributed by atoms with Gasteiger partial charge in [-0.05, 0) is 19.4 Å². The van der Waals surface area contributed by atoms with Gasteiger partial charge in [0.2, 0.25) is 5.91 Å². The molecule has 6 heteroatoms. The van der Waals surface area contributed by atoms with Gasteiger partial charge >= 0.3 is 0 Å². The van der Waals surface area contributed by atoms with Crippen molar-refractivity contribution in [3.63, 3.8) is 0 Å². The van der Waals surface area contributed by atoms with Crippen LogP contribution in [0, 0.1) is 0 Å². The van der Waals surface area contributed by atoms with Crippen LogP contribution >= 0.6 is 0 Å². The molecule has 1 rings (SSSR count). The average molecular weight is 239 g/mol. The van der Waals surface area contributed by atoms with E-state index in [4.69, 9.17) is 5.73 Å². The molecule has 0 unspecified atom stereocenters. The fourth-order valence-electron chi connectivity index (χ4n) is 1.53. The third-order valence-electron chi connectivity index (χ3n) is 2.49. The fourth-order valence-corrected chi connectivity index (χ4v) is 1.53. The molecule has 0 fully saturated rings.